The van der Waals surface area contributed by atoms with Crippen LogP contribution in [0.5, 0.6) is 0 Å². The van der Waals surface area contributed by atoms with Gasteiger partial charge in [0.2, 0.25) is 0 Å². The Morgan fingerprint density at radius 1 is 1.25 bits per heavy atom. The molecule has 0 bridgehead atoms. The van der Waals surface area contributed by atoms with Crippen LogP contribution in [0, 0.1) is 0 Å². The summed E-state index contributed by atoms with van der Waals surface area (Å²) in [6, 6.07) is 7.63. The summed E-state index contributed by atoms with van der Waals surface area (Å²) in [6.07, 6.45) is 4.72. The van der Waals surface area contributed by atoms with Crippen LogP contribution in [0.4, 0.5) is 0 Å². The van der Waals surface area contributed by atoms with Gasteiger partial charge in [0.1, 0.15) is 11.2 Å². The second-order valence-corrected chi connectivity index (χ2v) is 6.35. The van der Waals surface area contributed by atoms with E-state index in [0.717, 1.165) is 16.5 Å². The lowest BCUT2D eigenvalue weighted by Gasteiger charge is -2.33. The van der Waals surface area contributed by atoms with Crippen LogP contribution in [-0.4, -0.2) is 35.6 Å². The first-order valence-electron chi connectivity index (χ1n) is 8.08. The molecule has 1 aliphatic heterocycles. The van der Waals surface area contributed by atoms with E-state index >= 15 is 0 Å². The summed E-state index contributed by atoms with van der Waals surface area (Å²) in [4.78, 5) is 27.7. The normalized spacial score (nSPS) is 17.7. The van der Waals surface area contributed by atoms with Crippen LogP contribution < -0.4 is 0 Å². The molecule has 0 atom stereocenters. The van der Waals surface area contributed by atoms with Gasteiger partial charge in [-0.15, -0.1) is 0 Å². The van der Waals surface area contributed by atoms with Gasteiger partial charge in [0.25, 0.3) is 0 Å². The predicted octanol–water partition coefficient (Wildman–Crippen LogP) is 3.25. The standard InChI is InChI=1S/C19H21NO4/c1-13(21)16(18(22)24-19(2)7-10-23-11-8-19)12-14-4-3-5-17-15(14)6-9-20-17/h3-6,9,12,20H,7-8,10-11H2,1-2H3/b16-12-. The predicted molar refractivity (Wildman–Crippen MR) is 91.5 cm³/mol. The Kier molecular flexibility index (Phi) is 4.53. The lowest BCUT2D eigenvalue weighted by molar-refractivity contribution is -0.161. The average Bonchev–Trinajstić information content (AvgIpc) is 3.01. The summed E-state index contributed by atoms with van der Waals surface area (Å²) in [5.74, 6) is -0.873. The fourth-order valence-corrected chi connectivity index (χ4v) is 2.88. The number of ketones is 1. The van der Waals surface area contributed by atoms with E-state index in [0.29, 0.717) is 26.1 Å². The largest absolute Gasteiger partial charge is 0.456 e. The van der Waals surface area contributed by atoms with E-state index in [-0.39, 0.29) is 11.4 Å². The maximum absolute atomic E-state index is 12.6. The first-order valence-corrected chi connectivity index (χ1v) is 8.08. The smallest absolute Gasteiger partial charge is 0.342 e. The van der Waals surface area contributed by atoms with Crippen molar-refractivity contribution in [3.63, 3.8) is 0 Å². The number of hydrogen-bond donors (Lipinski definition) is 1. The molecule has 0 spiro atoms. The van der Waals surface area contributed by atoms with Crippen molar-refractivity contribution >= 4 is 28.7 Å². The van der Waals surface area contributed by atoms with Gasteiger partial charge in [0, 0.05) is 29.9 Å². The molecule has 1 N–H and O–H groups in total. The molecule has 126 valence electrons. The highest BCUT2D eigenvalue weighted by molar-refractivity contribution is 6.20. The Morgan fingerprint density at radius 3 is 2.71 bits per heavy atom. The number of Topliss-reactive ketones (excluding diaryl/α,β-unsaturated/α-hetero) is 1. The molecular weight excluding hydrogens is 306 g/mol. The number of aromatic nitrogens is 1. The maximum Gasteiger partial charge on any atom is 0.342 e. The highest BCUT2D eigenvalue weighted by Gasteiger charge is 2.33. The van der Waals surface area contributed by atoms with Gasteiger partial charge in [-0.05, 0) is 37.6 Å². The summed E-state index contributed by atoms with van der Waals surface area (Å²) in [7, 11) is 0. The number of H-pyrrole nitrogens is 1. The third-order valence-electron chi connectivity index (χ3n) is 4.42. The van der Waals surface area contributed by atoms with Crippen LogP contribution in [0.3, 0.4) is 0 Å². The fourth-order valence-electron chi connectivity index (χ4n) is 2.88. The van der Waals surface area contributed by atoms with Gasteiger partial charge in [0.05, 0.1) is 13.2 Å². The minimum absolute atomic E-state index is 0.0661. The van der Waals surface area contributed by atoms with Gasteiger partial charge in [-0.25, -0.2) is 4.79 Å². The van der Waals surface area contributed by atoms with Gasteiger partial charge in [-0.2, -0.15) is 0 Å². The van der Waals surface area contributed by atoms with Crippen molar-refractivity contribution in [2.75, 3.05) is 13.2 Å². The van der Waals surface area contributed by atoms with E-state index in [1.165, 1.54) is 6.92 Å². The van der Waals surface area contributed by atoms with Crippen molar-refractivity contribution < 1.29 is 19.1 Å². The minimum Gasteiger partial charge on any atom is -0.456 e. The van der Waals surface area contributed by atoms with E-state index < -0.39 is 11.6 Å². The summed E-state index contributed by atoms with van der Waals surface area (Å²) in [6.45, 7) is 4.39. The monoisotopic (exact) mass is 327 g/mol. The van der Waals surface area contributed by atoms with Crippen LogP contribution in [0.2, 0.25) is 0 Å². The Bertz CT molecular complexity index is 797. The Labute approximate surface area is 140 Å². The Balaban J connectivity index is 1.90. The number of carbonyl (C=O) groups is 2. The zero-order valence-corrected chi connectivity index (χ0v) is 13.9. The Hall–Kier alpha value is -2.40. The molecule has 1 fully saturated rings. The number of ether oxygens (including phenoxy) is 2. The molecule has 1 aromatic heterocycles. The van der Waals surface area contributed by atoms with E-state index in [2.05, 4.69) is 4.98 Å². The second-order valence-electron chi connectivity index (χ2n) is 6.35. The number of rotatable bonds is 4. The second kappa shape index (κ2) is 6.61. The van der Waals surface area contributed by atoms with Crippen molar-refractivity contribution in [3.8, 4) is 0 Å². The van der Waals surface area contributed by atoms with Gasteiger partial charge in [0.15, 0.2) is 5.78 Å². The van der Waals surface area contributed by atoms with E-state index in [9.17, 15) is 9.59 Å². The van der Waals surface area contributed by atoms with Crippen LogP contribution in [-0.2, 0) is 19.1 Å². The van der Waals surface area contributed by atoms with Crippen molar-refractivity contribution in [2.24, 2.45) is 0 Å². The molecule has 1 aliphatic rings. The van der Waals surface area contributed by atoms with Gasteiger partial charge >= 0.3 is 5.97 Å². The number of esters is 1. The number of carbonyl (C=O) groups excluding carboxylic acids is 2. The molecule has 0 aliphatic carbocycles. The minimum atomic E-state index is -0.579. The summed E-state index contributed by atoms with van der Waals surface area (Å²) in [5, 5.41) is 0.960. The lowest BCUT2D eigenvalue weighted by Crippen LogP contribution is -2.38. The van der Waals surface area contributed by atoms with Crippen LogP contribution >= 0.6 is 0 Å². The molecule has 3 rings (SSSR count). The van der Waals surface area contributed by atoms with Crippen molar-refractivity contribution in [1.82, 2.24) is 4.98 Å². The number of hydrogen-bond acceptors (Lipinski definition) is 4. The van der Waals surface area contributed by atoms with E-state index in [1.807, 2.05) is 37.4 Å². The molecule has 5 nitrogen and oxygen atoms in total. The first-order chi connectivity index (χ1) is 11.5. The fraction of sp³-hybridized carbons (Fsp3) is 0.368. The summed E-state index contributed by atoms with van der Waals surface area (Å²) in [5.41, 5.74) is 1.25. The zero-order valence-electron chi connectivity index (χ0n) is 13.9. The van der Waals surface area contributed by atoms with Crippen LogP contribution in [0.1, 0.15) is 32.3 Å². The van der Waals surface area contributed by atoms with Crippen LogP contribution in [0.15, 0.2) is 36.0 Å². The molecule has 1 saturated heterocycles. The molecule has 2 heterocycles. The van der Waals surface area contributed by atoms with E-state index in [1.54, 1.807) is 6.08 Å². The van der Waals surface area contributed by atoms with Crippen LogP contribution in [0.25, 0.3) is 17.0 Å². The van der Waals surface area contributed by atoms with Crippen molar-refractivity contribution in [2.45, 2.75) is 32.3 Å². The number of benzene rings is 1. The maximum atomic E-state index is 12.6. The Morgan fingerprint density at radius 2 is 2.00 bits per heavy atom. The third kappa shape index (κ3) is 3.41. The van der Waals surface area contributed by atoms with Gasteiger partial charge < -0.3 is 14.5 Å². The molecular formula is C19H21NO4. The van der Waals surface area contributed by atoms with Crippen molar-refractivity contribution in [3.05, 3.63) is 41.6 Å². The first kappa shape index (κ1) is 16.5. The van der Waals surface area contributed by atoms with Crippen molar-refractivity contribution in [1.29, 1.82) is 0 Å². The highest BCUT2D eigenvalue weighted by atomic mass is 16.6. The molecule has 2 aromatic rings. The molecule has 0 radical (unpaired) electrons. The topological polar surface area (TPSA) is 68.4 Å². The summed E-state index contributed by atoms with van der Waals surface area (Å²) < 4.78 is 11.0. The third-order valence-corrected chi connectivity index (χ3v) is 4.42. The molecule has 5 heteroatoms. The SMILES string of the molecule is CC(=O)/C(=C/c1cccc2[nH]ccc12)C(=O)OC1(C)CCOCC1. The number of fused-ring (bicyclic) bond motifs is 1. The lowest BCUT2D eigenvalue weighted by atomic mass is 9.96. The summed E-state index contributed by atoms with van der Waals surface area (Å²) >= 11 is 0. The quantitative estimate of drug-likeness (QED) is 0.405. The highest BCUT2D eigenvalue weighted by Crippen LogP contribution is 2.27. The average molecular weight is 327 g/mol. The molecule has 1 aromatic carbocycles. The molecule has 0 amide bonds. The van der Waals surface area contributed by atoms with Gasteiger partial charge in [-0.3, -0.25) is 4.79 Å². The zero-order chi connectivity index (χ0) is 17.2. The number of aromatic amines is 1. The molecule has 24 heavy (non-hydrogen) atoms. The van der Waals surface area contributed by atoms with E-state index in [4.69, 9.17) is 9.47 Å². The molecule has 0 unspecified atom stereocenters. The number of nitrogens with one attached hydrogen (secondary N) is 1. The molecule has 0 saturated carbocycles. The van der Waals surface area contributed by atoms with Gasteiger partial charge in [-0.1, -0.05) is 12.1 Å².